The van der Waals surface area contributed by atoms with Crippen LogP contribution in [-0.4, -0.2) is 21.1 Å². The lowest BCUT2D eigenvalue weighted by Crippen LogP contribution is -2.24. The van der Waals surface area contributed by atoms with Crippen LogP contribution in [0.1, 0.15) is 13.3 Å². The molecule has 23 heavy (non-hydrogen) atoms. The molecule has 0 saturated carbocycles. The standard InChI is InChI=1S/C17H16BrN3OS/c1-2-15(16(22)19-12-9-7-11(18)8-10-12)23-17-20-13-5-3-4-6-14(13)21-17/h3-10,15H,2H2,1H3,(H,19,22)(H,20,21). The second-order valence-corrected chi connectivity index (χ2v) is 7.18. The van der Waals surface area contributed by atoms with E-state index in [2.05, 4.69) is 31.2 Å². The van der Waals surface area contributed by atoms with Crippen molar-refractivity contribution in [3.63, 3.8) is 0 Å². The molecule has 0 radical (unpaired) electrons. The number of H-pyrrole nitrogens is 1. The highest BCUT2D eigenvalue weighted by molar-refractivity contribution is 9.10. The van der Waals surface area contributed by atoms with Crippen molar-refractivity contribution in [2.75, 3.05) is 5.32 Å². The third kappa shape index (κ3) is 3.95. The lowest BCUT2D eigenvalue weighted by molar-refractivity contribution is -0.115. The Balaban J connectivity index is 1.71. The Morgan fingerprint density at radius 3 is 2.70 bits per heavy atom. The molecular weight excluding hydrogens is 374 g/mol. The van der Waals surface area contributed by atoms with Crippen LogP contribution in [0.2, 0.25) is 0 Å². The van der Waals surface area contributed by atoms with Crippen LogP contribution in [-0.2, 0) is 4.79 Å². The molecule has 3 rings (SSSR count). The van der Waals surface area contributed by atoms with E-state index in [4.69, 9.17) is 0 Å². The molecule has 0 spiro atoms. The molecule has 1 amide bonds. The fraction of sp³-hybridized carbons (Fsp3) is 0.176. The number of benzene rings is 2. The fourth-order valence-corrected chi connectivity index (χ4v) is 3.38. The number of para-hydroxylation sites is 2. The second-order valence-electron chi connectivity index (χ2n) is 5.07. The van der Waals surface area contributed by atoms with Crippen molar-refractivity contribution in [2.24, 2.45) is 0 Å². The van der Waals surface area contributed by atoms with E-state index < -0.39 is 0 Å². The van der Waals surface area contributed by atoms with Gasteiger partial charge in [0.05, 0.1) is 16.3 Å². The van der Waals surface area contributed by atoms with Gasteiger partial charge in [-0.05, 0) is 42.8 Å². The number of amides is 1. The van der Waals surface area contributed by atoms with Crippen LogP contribution in [0.5, 0.6) is 0 Å². The number of imidazole rings is 1. The molecule has 2 aromatic carbocycles. The number of thioether (sulfide) groups is 1. The van der Waals surface area contributed by atoms with Gasteiger partial charge >= 0.3 is 0 Å². The zero-order chi connectivity index (χ0) is 16.2. The van der Waals surface area contributed by atoms with Crippen molar-refractivity contribution in [1.29, 1.82) is 0 Å². The van der Waals surface area contributed by atoms with Crippen LogP contribution >= 0.6 is 27.7 Å². The van der Waals surface area contributed by atoms with E-state index >= 15 is 0 Å². The molecule has 0 aliphatic rings. The van der Waals surface area contributed by atoms with E-state index in [0.29, 0.717) is 0 Å². The number of carbonyl (C=O) groups excluding carboxylic acids is 1. The number of fused-ring (bicyclic) bond motifs is 1. The minimum Gasteiger partial charge on any atom is -0.333 e. The SMILES string of the molecule is CCC(Sc1nc2ccccc2[nH]1)C(=O)Nc1ccc(Br)cc1. The quantitative estimate of drug-likeness (QED) is 0.614. The molecule has 0 aliphatic heterocycles. The van der Waals surface area contributed by atoms with Crippen LogP contribution in [0.25, 0.3) is 11.0 Å². The van der Waals surface area contributed by atoms with Gasteiger partial charge in [0.25, 0.3) is 0 Å². The minimum atomic E-state index is -0.195. The summed E-state index contributed by atoms with van der Waals surface area (Å²) in [6.45, 7) is 2.00. The first-order valence-corrected chi connectivity index (χ1v) is 9.01. The number of hydrogen-bond acceptors (Lipinski definition) is 3. The highest BCUT2D eigenvalue weighted by atomic mass is 79.9. The normalized spacial score (nSPS) is 12.3. The predicted octanol–water partition coefficient (Wildman–Crippen LogP) is 4.83. The first-order chi connectivity index (χ1) is 11.2. The van der Waals surface area contributed by atoms with Crippen molar-refractivity contribution in [2.45, 2.75) is 23.8 Å². The molecule has 6 heteroatoms. The summed E-state index contributed by atoms with van der Waals surface area (Å²) < 4.78 is 0.985. The summed E-state index contributed by atoms with van der Waals surface area (Å²) in [5.74, 6) is -0.0136. The first kappa shape index (κ1) is 16.1. The smallest absolute Gasteiger partial charge is 0.237 e. The summed E-state index contributed by atoms with van der Waals surface area (Å²) in [7, 11) is 0. The summed E-state index contributed by atoms with van der Waals surface area (Å²) in [6.07, 6.45) is 0.726. The lowest BCUT2D eigenvalue weighted by Gasteiger charge is -2.13. The largest absolute Gasteiger partial charge is 0.333 e. The summed E-state index contributed by atoms with van der Waals surface area (Å²) in [4.78, 5) is 20.2. The molecule has 4 nitrogen and oxygen atoms in total. The number of nitrogens with zero attached hydrogens (tertiary/aromatic N) is 1. The van der Waals surface area contributed by atoms with Crippen LogP contribution in [0.3, 0.4) is 0 Å². The van der Waals surface area contributed by atoms with Gasteiger partial charge < -0.3 is 10.3 Å². The van der Waals surface area contributed by atoms with Crippen molar-refractivity contribution in [3.8, 4) is 0 Å². The Hall–Kier alpha value is -1.79. The monoisotopic (exact) mass is 389 g/mol. The van der Waals surface area contributed by atoms with Gasteiger partial charge in [-0.25, -0.2) is 4.98 Å². The number of anilines is 1. The number of aromatic nitrogens is 2. The summed E-state index contributed by atoms with van der Waals surface area (Å²) in [6, 6.07) is 15.4. The summed E-state index contributed by atoms with van der Waals surface area (Å²) in [5, 5.41) is 3.52. The topological polar surface area (TPSA) is 57.8 Å². The molecule has 1 aromatic heterocycles. The Bertz CT molecular complexity index is 783. The maximum absolute atomic E-state index is 12.5. The van der Waals surface area contributed by atoms with E-state index in [9.17, 15) is 4.79 Å². The van der Waals surface area contributed by atoms with E-state index in [1.54, 1.807) is 0 Å². The second kappa shape index (κ2) is 7.19. The average Bonchev–Trinajstić information content (AvgIpc) is 2.97. The number of carbonyl (C=O) groups is 1. The highest BCUT2D eigenvalue weighted by Gasteiger charge is 2.19. The van der Waals surface area contributed by atoms with Crippen molar-refractivity contribution < 1.29 is 4.79 Å². The van der Waals surface area contributed by atoms with E-state index in [1.807, 2.05) is 55.5 Å². The maximum atomic E-state index is 12.5. The molecule has 3 aromatic rings. The molecular formula is C17H16BrN3OS. The van der Waals surface area contributed by atoms with Gasteiger partial charge in [0.1, 0.15) is 0 Å². The Morgan fingerprint density at radius 1 is 1.26 bits per heavy atom. The van der Waals surface area contributed by atoms with E-state index in [-0.39, 0.29) is 11.2 Å². The third-order valence-corrected chi connectivity index (χ3v) is 5.17. The average molecular weight is 390 g/mol. The number of rotatable bonds is 5. The van der Waals surface area contributed by atoms with Crippen LogP contribution in [0, 0.1) is 0 Å². The van der Waals surface area contributed by atoms with Gasteiger partial charge in [-0.3, -0.25) is 4.79 Å². The number of hydrogen-bond donors (Lipinski definition) is 2. The van der Waals surface area contributed by atoms with E-state index in [0.717, 1.165) is 32.8 Å². The molecule has 2 N–H and O–H groups in total. The summed E-state index contributed by atoms with van der Waals surface area (Å²) >= 11 is 4.84. The van der Waals surface area contributed by atoms with Crippen LogP contribution < -0.4 is 5.32 Å². The van der Waals surface area contributed by atoms with Gasteiger partial charge in [-0.15, -0.1) is 0 Å². The molecule has 0 saturated heterocycles. The zero-order valence-electron chi connectivity index (χ0n) is 12.5. The van der Waals surface area contributed by atoms with Crippen LogP contribution in [0.15, 0.2) is 58.2 Å². The van der Waals surface area contributed by atoms with Crippen LogP contribution in [0.4, 0.5) is 5.69 Å². The van der Waals surface area contributed by atoms with Crippen molar-refractivity contribution in [1.82, 2.24) is 9.97 Å². The Labute approximate surface area is 147 Å². The molecule has 0 aliphatic carbocycles. The number of aromatic amines is 1. The summed E-state index contributed by atoms with van der Waals surface area (Å²) in [5.41, 5.74) is 2.69. The van der Waals surface area contributed by atoms with Gasteiger partial charge in [0, 0.05) is 10.2 Å². The Kier molecular flexibility index (Phi) is 5.03. The van der Waals surface area contributed by atoms with Gasteiger partial charge in [-0.2, -0.15) is 0 Å². The lowest BCUT2D eigenvalue weighted by atomic mass is 10.3. The van der Waals surface area contributed by atoms with Crippen molar-refractivity contribution >= 4 is 50.3 Å². The number of nitrogens with one attached hydrogen (secondary N) is 2. The van der Waals surface area contributed by atoms with Gasteiger partial charge in [-0.1, -0.05) is 46.7 Å². The third-order valence-electron chi connectivity index (χ3n) is 3.40. The zero-order valence-corrected chi connectivity index (χ0v) is 14.9. The van der Waals surface area contributed by atoms with E-state index in [1.165, 1.54) is 11.8 Å². The maximum Gasteiger partial charge on any atom is 0.237 e. The highest BCUT2D eigenvalue weighted by Crippen LogP contribution is 2.26. The van der Waals surface area contributed by atoms with Gasteiger partial charge in [0.15, 0.2) is 5.16 Å². The predicted molar refractivity (Wildman–Crippen MR) is 98.8 cm³/mol. The molecule has 1 heterocycles. The molecule has 118 valence electrons. The van der Waals surface area contributed by atoms with Gasteiger partial charge in [0.2, 0.25) is 5.91 Å². The fourth-order valence-electron chi connectivity index (χ4n) is 2.20. The minimum absolute atomic E-state index is 0.0136. The molecule has 0 bridgehead atoms. The number of halogens is 1. The molecule has 1 atom stereocenters. The molecule has 0 fully saturated rings. The van der Waals surface area contributed by atoms with Crippen molar-refractivity contribution in [3.05, 3.63) is 53.0 Å². The first-order valence-electron chi connectivity index (χ1n) is 7.33. The Morgan fingerprint density at radius 2 is 2.00 bits per heavy atom. The molecule has 1 unspecified atom stereocenters.